The lowest BCUT2D eigenvalue weighted by Crippen LogP contribution is -2.28. The second-order valence-corrected chi connectivity index (χ2v) is 4.79. The summed E-state index contributed by atoms with van der Waals surface area (Å²) >= 11 is 0. The van der Waals surface area contributed by atoms with Gasteiger partial charge in [0, 0.05) is 6.04 Å². The maximum Gasteiger partial charge on any atom is 0.0460 e. The number of rotatable bonds is 6. The third-order valence-corrected chi connectivity index (χ3v) is 3.02. The van der Waals surface area contributed by atoms with Crippen molar-refractivity contribution >= 4 is 0 Å². The van der Waals surface area contributed by atoms with Crippen molar-refractivity contribution in [1.29, 1.82) is 0 Å². The lowest BCUT2D eigenvalue weighted by Gasteiger charge is -2.17. The van der Waals surface area contributed by atoms with E-state index >= 15 is 0 Å². The number of nitrogens with two attached hydrogens (primary N) is 1. The summed E-state index contributed by atoms with van der Waals surface area (Å²) in [6.07, 6.45) is 3.39. The summed E-state index contributed by atoms with van der Waals surface area (Å²) in [7, 11) is 0. The van der Waals surface area contributed by atoms with Gasteiger partial charge in [0.05, 0.1) is 0 Å². The van der Waals surface area contributed by atoms with E-state index in [1.165, 1.54) is 17.5 Å². The third kappa shape index (κ3) is 3.95. The van der Waals surface area contributed by atoms with E-state index in [1.54, 1.807) is 0 Å². The molecular formula is C14H24N2. The van der Waals surface area contributed by atoms with E-state index in [1.807, 2.05) is 0 Å². The Bertz CT molecular complexity index is 290. The van der Waals surface area contributed by atoms with E-state index in [2.05, 4.69) is 50.5 Å². The lowest BCUT2D eigenvalue weighted by atomic mass is 9.97. The fraction of sp³-hybridized carbons (Fsp3) is 0.571. The average molecular weight is 220 g/mol. The second kappa shape index (κ2) is 6.66. The van der Waals surface area contributed by atoms with E-state index in [4.69, 9.17) is 5.84 Å². The van der Waals surface area contributed by atoms with E-state index in [-0.39, 0.29) is 6.04 Å². The van der Waals surface area contributed by atoms with Gasteiger partial charge in [0.25, 0.3) is 0 Å². The molecule has 0 amide bonds. The smallest absolute Gasteiger partial charge is 0.0460 e. The Kier molecular flexibility index (Phi) is 5.50. The molecule has 0 aromatic heterocycles. The van der Waals surface area contributed by atoms with Crippen molar-refractivity contribution in [3.05, 3.63) is 35.4 Å². The maximum absolute atomic E-state index is 5.61. The molecule has 0 bridgehead atoms. The van der Waals surface area contributed by atoms with Crippen molar-refractivity contribution < 1.29 is 0 Å². The molecule has 1 atom stereocenters. The minimum Gasteiger partial charge on any atom is -0.271 e. The van der Waals surface area contributed by atoms with Gasteiger partial charge < -0.3 is 0 Å². The molecule has 0 radical (unpaired) electrons. The summed E-state index contributed by atoms with van der Waals surface area (Å²) in [4.78, 5) is 0. The predicted molar refractivity (Wildman–Crippen MR) is 70.0 cm³/mol. The molecule has 0 saturated carbocycles. The maximum atomic E-state index is 5.61. The molecule has 0 aliphatic rings. The van der Waals surface area contributed by atoms with Crippen molar-refractivity contribution in [1.82, 2.24) is 5.43 Å². The zero-order valence-electron chi connectivity index (χ0n) is 10.7. The molecular weight excluding hydrogens is 196 g/mol. The molecule has 2 nitrogen and oxygen atoms in total. The first-order valence-electron chi connectivity index (χ1n) is 6.22. The van der Waals surface area contributed by atoms with Gasteiger partial charge in [0.2, 0.25) is 0 Å². The highest BCUT2D eigenvalue weighted by Gasteiger charge is 2.09. The number of aryl methyl sites for hydroxylation is 1. The molecule has 1 aromatic rings. The Hall–Kier alpha value is -0.860. The fourth-order valence-corrected chi connectivity index (χ4v) is 1.83. The van der Waals surface area contributed by atoms with Crippen molar-refractivity contribution in [3.8, 4) is 0 Å². The van der Waals surface area contributed by atoms with Crippen molar-refractivity contribution in [2.24, 2.45) is 11.8 Å². The second-order valence-electron chi connectivity index (χ2n) is 4.79. The first-order chi connectivity index (χ1) is 7.67. The topological polar surface area (TPSA) is 38.0 Å². The predicted octanol–water partition coefficient (Wildman–Crippen LogP) is 3.19. The Morgan fingerprint density at radius 3 is 2.19 bits per heavy atom. The van der Waals surface area contributed by atoms with Gasteiger partial charge >= 0.3 is 0 Å². The highest BCUT2D eigenvalue weighted by Crippen LogP contribution is 2.20. The van der Waals surface area contributed by atoms with Crippen LogP contribution in [0, 0.1) is 5.92 Å². The summed E-state index contributed by atoms with van der Waals surface area (Å²) < 4.78 is 0. The van der Waals surface area contributed by atoms with Crippen molar-refractivity contribution in [2.75, 3.05) is 0 Å². The molecule has 0 saturated heterocycles. The molecule has 16 heavy (non-hydrogen) atoms. The summed E-state index contributed by atoms with van der Waals surface area (Å²) in [6, 6.07) is 9.03. The Morgan fingerprint density at radius 1 is 1.12 bits per heavy atom. The summed E-state index contributed by atoms with van der Waals surface area (Å²) in [5.74, 6) is 6.34. The number of hydrazine groups is 1. The zero-order valence-corrected chi connectivity index (χ0v) is 10.7. The van der Waals surface area contributed by atoms with Crippen LogP contribution >= 0.6 is 0 Å². The van der Waals surface area contributed by atoms with Crippen LogP contribution in [0.15, 0.2) is 24.3 Å². The van der Waals surface area contributed by atoms with Crippen LogP contribution < -0.4 is 11.3 Å². The fourth-order valence-electron chi connectivity index (χ4n) is 1.83. The Labute approximate surface area is 99.2 Å². The first kappa shape index (κ1) is 13.2. The lowest BCUT2D eigenvalue weighted by molar-refractivity contribution is 0.448. The monoisotopic (exact) mass is 220 g/mol. The highest BCUT2D eigenvalue weighted by atomic mass is 15.2. The average Bonchev–Trinajstić information content (AvgIpc) is 2.30. The van der Waals surface area contributed by atoms with Crippen LogP contribution in [0.1, 0.15) is 50.8 Å². The summed E-state index contributed by atoms with van der Waals surface area (Å²) in [6.45, 7) is 6.66. The quantitative estimate of drug-likeness (QED) is 0.571. The summed E-state index contributed by atoms with van der Waals surface area (Å²) in [5.41, 5.74) is 5.58. The minimum atomic E-state index is 0.285. The first-order valence-corrected chi connectivity index (χ1v) is 6.22. The van der Waals surface area contributed by atoms with E-state index in [9.17, 15) is 0 Å². The molecule has 1 rings (SSSR count). The molecule has 0 spiro atoms. The number of hydrogen-bond acceptors (Lipinski definition) is 2. The molecule has 0 heterocycles. The Morgan fingerprint density at radius 2 is 1.75 bits per heavy atom. The molecule has 2 heteroatoms. The van der Waals surface area contributed by atoms with Crippen LogP contribution in [0.4, 0.5) is 0 Å². The molecule has 0 fully saturated rings. The Balaban J connectivity index is 2.63. The van der Waals surface area contributed by atoms with Crippen LogP contribution in [0.5, 0.6) is 0 Å². The molecule has 1 aromatic carbocycles. The van der Waals surface area contributed by atoms with Crippen molar-refractivity contribution in [3.63, 3.8) is 0 Å². The zero-order chi connectivity index (χ0) is 12.0. The van der Waals surface area contributed by atoms with Gasteiger partial charge in [-0.1, -0.05) is 45.0 Å². The van der Waals surface area contributed by atoms with Gasteiger partial charge in [0.15, 0.2) is 0 Å². The molecule has 0 aliphatic carbocycles. The molecule has 3 N–H and O–H groups in total. The third-order valence-electron chi connectivity index (χ3n) is 3.02. The van der Waals surface area contributed by atoms with Crippen LogP contribution in [0.2, 0.25) is 0 Å². The minimum absolute atomic E-state index is 0.285. The van der Waals surface area contributed by atoms with Gasteiger partial charge in [-0.25, -0.2) is 0 Å². The van der Waals surface area contributed by atoms with Crippen LogP contribution in [-0.4, -0.2) is 0 Å². The van der Waals surface area contributed by atoms with Gasteiger partial charge in [0.1, 0.15) is 0 Å². The molecule has 0 aliphatic heterocycles. The van der Waals surface area contributed by atoms with Crippen LogP contribution in [-0.2, 0) is 6.42 Å². The summed E-state index contributed by atoms with van der Waals surface area (Å²) in [5, 5.41) is 0. The normalized spacial score (nSPS) is 13.1. The SMILES string of the molecule is CCc1ccc(C(CCC(C)C)NN)cc1. The van der Waals surface area contributed by atoms with E-state index in [0.29, 0.717) is 0 Å². The number of benzene rings is 1. The van der Waals surface area contributed by atoms with Gasteiger partial charge in [-0.3, -0.25) is 11.3 Å². The number of hydrogen-bond donors (Lipinski definition) is 2. The van der Waals surface area contributed by atoms with Crippen molar-refractivity contribution in [2.45, 2.75) is 46.1 Å². The molecule has 90 valence electrons. The standard InChI is InChI=1S/C14H24N2/c1-4-12-6-8-13(9-7-12)14(16-15)10-5-11(2)3/h6-9,11,14,16H,4-5,10,15H2,1-3H3. The van der Waals surface area contributed by atoms with Gasteiger partial charge in [-0.15, -0.1) is 0 Å². The van der Waals surface area contributed by atoms with Gasteiger partial charge in [-0.2, -0.15) is 0 Å². The van der Waals surface area contributed by atoms with E-state index in [0.717, 1.165) is 18.8 Å². The van der Waals surface area contributed by atoms with Gasteiger partial charge in [-0.05, 0) is 36.3 Å². The number of nitrogens with one attached hydrogen (secondary N) is 1. The largest absolute Gasteiger partial charge is 0.271 e. The highest BCUT2D eigenvalue weighted by molar-refractivity contribution is 5.24. The van der Waals surface area contributed by atoms with Crippen LogP contribution in [0.3, 0.4) is 0 Å². The van der Waals surface area contributed by atoms with Crippen LogP contribution in [0.25, 0.3) is 0 Å². The van der Waals surface area contributed by atoms with E-state index < -0.39 is 0 Å². The molecule has 1 unspecified atom stereocenters.